The van der Waals surface area contributed by atoms with Crippen LogP contribution in [0.25, 0.3) is 0 Å². The van der Waals surface area contributed by atoms with Crippen molar-refractivity contribution < 1.29 is 4.48 Å². The van der Waals surface area contributed by atoms with E-state index in [0.717, 1.165) is 16.0 Å². The highest BCUT2D eigenvalue weighted by molar-refractivity contribution is 9.09. The first kappa shape index (κ1) is 9.44. The van der Waals surface area contributed by atoms with E-state index in [0.29, 0.717) is 0 Å². The maximum absolute atomic E-state index is 3.48. The summed E-state index contributed by atoms with van der Waals surface area (Å²) in [5.74, 6) is 0. The van der Waals surface area contributed by atoms with Gasteiger partial charge < -0.3 is 4.48 Å². The molecule has 0 aromatic rings. The second-order valence-corrected chi connectivity index (χ2v) is 3.63. The third-order valence-electron chi connectivity index (χ3n) is 1.84. The van der Waals surface area contributed by atoms with Crippen LogP contribution >= 0.6 is 15.9 Å². The Hall–Kier alpha value is 0.440. The van der Waals surface area contributed by atoms with Crippen LogP contribution in [0, 0.1) is 0 Å². The van der Waals surface area contributed by atoms with Crippen molar-refractivity contribution in [1.82, 2.24) is 0 Å². The maximum atomic E-state index is 3.48. The van der Waals surface area contributed by atoms with Gasteiger partial charge in [0.2, 0.25) is 0 Å². The summed E-state index contributed by atoms with van der Waals surface area (Å²) in [6, 6.07) is 0.953. The molecule has 9 heavy (non-hydrogen) atoms. The van der Waals surface area contributed by atoms with Crippen molar-refractivity contribution in [2.24, 2.45) is 0 Å². The first-order valence-electron chi connectivity index (χ1n) is 3.05. The lowest BCUT2D eigenvalue weighted by molar-refractivity contribution is -0.887. The molecule has 0 unspecified atom stereocenters. The van der Waals surface area contributed by atoms with E-state index >= 15 is 0 Å². The number of hydrogen-bond acceptors (Lipinski definition) is 0. The molecule has 0 heterocycles. The van der Waals surface area contributed by atoms with E-state index in [9.17, 15) is 0 Å². The summed E-state index contributed by atoms with van der Waals surface area (Å²) in [4.78, 5) is 0. The average Bonchev–Trinajstić information content (AvgIpc) is 2.44. The zero-order valence-corrected chi connectivity index (χ0v) is 7.11. The summed E-state index contributed by atoms with van der Waals surface area (Å²) < 4.78 is 1.15. The highest BCUT2D eigenvalue weighted by Gasteiger charge is 2.36. The normalized spacial score (nSPS) is 19.0. The van der Waals surface area contributed by atoms with Gasteiger partial charge in [0.05, 0.1) is 20.1 Å². The number of alkyl halides is 1. The van der Waals surface area contributed by atoms with Gasteiger partial charge in [0.1, 0.15) is 5.45 Å². The summed E-state index contributed by atoms with van der Waals surface area (Å²) >= 11 is 3.48. The van der Waals surface area contributed by atoms with Gasteiger partial charge in [0.15, 0.2) is 0 Å². The van der Waals surface area contributed by atoms with Crippen molar-refractivity contribution >= 4 is 15.9 Å². The molecule has 0 aliphatic heterocycles. The van der Waals surface area contributed by atoms with Gasteiger partial charge in [-0.15, -0.1) is 0 Å². The second kappa shape index (κ2) is 3.02. The summed E-state index contributed by atoms with van der Waals surface area (Å²) in [5.41, 5.74) is 1.09. The highest BCUT2D eigenvalue weighted by Crippen LogP contribution is 2.30. The smallest absolute Gasteiger partial charge is 0.134 e. The fraction of sp³-hybridized carbons (Fsp3) is 1.00. The Bertz CT molecular complexity index is 86.9. The molecule has 0 spiro atoms. The van der Waals surface area contributed by atoms with Gasteiger partial charge in [-0.2, -0.15) is 0 Å². The number of nitrogens with zero attached hydrogens (tertiary/aromatic N) is 1. The Labute approximate surface area is 66.8 Å². The number of hydrogen-bond donors (Lipinski definition) is 0. The van der Waals surface area contributed by atoms with Crippen LogP contribution in [-0.2, 0) is 0 Å². The first-order chi connectivity index (χ1) is 3.67. The molecule has 1 aliphatic rings. The first-order valence-corrected chi connectivity index (χ1v) is 4.17. The molecule has 0 aromatic heterocycles. The lowest BCUT2D eigenvalue weighted by Crippen LogP contribution is -2.40. The summed E-state index contributed by atoms with van der Waals surface area (Å²) in [6.45, 7) is 0. The lowest BCUT2D eigenvalue weighted by Gasteiger charge is -2.26. The fourth-order valence-corrected chi connectivity index (χ4v) is 1.28. The summed E-state index contributed by atoms with van der Waals surface area (Å²) in [6.07, 6.45) is 2.86. The molecule has 0 atom stereocenters. The Balaban J connectivity index is 0.000000640. The standard InChI is InChI=1S/C6H13BrN.CH4/c1-8(2,5-7)6-3-4-6;/h6H,3-5H2,1-2H3;1H4/q+1;. The van der Waals surface area contributed by atoms with Gasteiger partial charge >= 0.3 is 0 Å². The molecule has 56 valence electrons. The molecule has 1 saturated carbocycles. The predicted octanol–water partition coefficient (Wildman–Crippen LogP) is 2.21. The third-order valence-corrected chi connectivity index (χ3v) is 3.14. The second-order valence-electron chi connectivity index (χ2n) is 3.13. The van der Waals surface area contributed by atoms with Gasteiger partial charge in [-0.1, -0.05) is 7.43 Å². The monoisotopic (exact) mass is 194 g/mol. The van der Waals surface area contributed by atoms with E-state index in [1.807, 2.05) is 0 Å². The largest absolute Gasteiger partial charge is 0.317 e. The molecule has 0 N–H and O–H groups in total. The lowest BCUT2D eigenvalue weighted by atomic mass is 10.5. The van der Waals surface area contributed by atoms with Gasteiger partial charge in [-0.25, -0.2) is 0 Å². The maximum Gasteiger partial charge on any atom is 0.134 e. The predicted molar refractivity (Wildman–Crippen MR) is 45.7 cm³/mol. The molecule has 0 saturated heterocycles. The van der Waals surface area contributed by atoms with E-state index < -0.39 is 0 Å². The Morgan fingerprint density at radius 2 is 1.89 bits per heavy atom. The minimum absolute atomic E-state index is 0. The Kier molecular flexibility index (Phi) is 3.17. The van der Waals surface area contributed by atoms with Crippen LogP contribution in [0.4, 0.5) is 0 Å². The van der Waals surface area contributed by atoms with Crippen LogP contribution in [0.1, 0.15) is 20.3 Å². The van der Waals surface area contributed by atoms with Crippen molar-refractivity contribution in [2.75, 3.05) is 19.5 Å². The van der Waals surface area contributed by atoms with Crippen LogP contribution < -0.4 is 0 Å². The minimum Gasteiger partial charge on any atom is -0.317 e. The molecule has 1 aliphatic carbocycles. The van der Waals surface area contributed by atoms with Crippen molar-refractivity contribution in [2.45, 2.75) is 26.3 Å². The molecular formula is C7H17BrN+. The zero-order chi connectivity index (χ0) is 6.20. The molecule has 2 heteroatoms. The van der Waals surface area contributed by atoms with Crippen molar-refractivity contribution in [3.63, 3.8) is 0 Å². The van der Waals surface area contributed by atoms with Crippen molar-refractivity contribution in [1.29, 1.82) is 0 Å². The van der Waals surface area contributed by atoms with Crippen LogP contribution in [0.15, 0.2) is 0 Å². The average molecular weight is 195 g/mol. The molecule has 0 radical (unpaired) electrons. The summed E-state index contributed by atoms with van der Waals surface area (Å²) in [5, 5.41) is 0. The molecule has 1 fully saturated rings. The zero-order valence-electron chi connectivity index (χ0n) is 5.52. The molecule has 1 rings (SSSR count). The number of halogens is 1. The van der Waals surface area contributed by atoms with Gasteiger partial charge in [0, 0.05) is 12.8 Å². The van der Waals surface area contributed by atoms with E-state index in [1.165, 1.54) is 12.8 Å². The summed E-state index contributed by atoms with van der Waals surface area (Å²) in [7, 11) is 4.54. The van der Waals surface area contributed by atoms with E-state index in [1.54, 1.807) is 0 Å². The quantitative estimate of drug-likeness (QED) is 0.360. The van der Waals surface area contributed by atoms with E-state index in [2.05, 4.69) is 30.0 Å². The van der Waals surface area contributed by atoms with Crippen LogP contribution in [0.2, 0.25) is 0 Å². The third kappa shape index (κ3) is 2.26. The van der Waals surface area contributed by atoms with E-state index in [-0.39, 0.29) is 7.43 Å². The number of rotatable bonds is 2. The molecule has 0 amide bonds. The molecular weight excluding hydrogens is 178 g/mol. The van der Waals surface area contributed by atoms with Gasteiger partial charge in [-0.05, 0) is 15.9 Å². The highest BCUT2D eigenvalue weighted by atomic mass is 79.9. The fourth-order valence-electron chi connectivity index (χ4n) is 0.871. The number of quaternary nitrogens is 1. The van der Waals surface area contributed by atoms with Crippen LogP contribution in [0.5, 0.6) is 0 Å². The Morgan fingerprint density at radius 1 is 1.44 bits per heavy atom. The van der Waals surface area contributed by atoms with Gasteiger partial charge in [-0.3, -0.25) is 0 Å². The molecule has 0 aromatic carbocycles. The minimum atomic E-state index is 0. The van der Waals surface area contributed by atoms with Crippen molar-refractivity contribution in [3.8, 4) is 0 Å². The topological polar surface area (TPSA) is 0 Å². The SMILES string of the molecule is C.C[N+](C)(CBr)C1CC1. The van der Waals surface area contributed by atoms with Crippen LogP contribution in [0.3, 0.4) is 0 Å². The molecule has 0 bridgehead atoms. The van der Waals surface area contributed by atoms with Gasteiger partial charge in [0.25, 0.3) is 0 Å². The van der Waals surface area contributed by atoms with E-state index in [4.69, 9.17) is 0 Å². The van der Waals surface area contributed by atoms with Crippen LogP contribution in [-0.4, -0.2) is 30.1 Å². The Morgan fingerprint density at radius 3 is 2.00 bits per heavy atom. The van der Waals surface area contributed by atoms with Crippen molar-refractivity contribution in [3.05, 3.63) is 0 Å². The molecule has 1 nitrogen and oxygen atoms in total.